The van der Waals surface area contributed by atoms with E-state index in [4.69, 9.17) is 0 Å². The van der Waals surface area contributed by atoms with Gasteiger partial charge in [0.15, 0.2) is 0 Å². The highest BCUT2D eigenvalue weighted by Crippen LogP contribution is 2.18. The molecule has 2 heteroatoms. The van der Waals surface area contributed by atoms with Crippen LogP contribution in [-0.2, 0) is 17.6 Å². The van der Waals surface area contributed by atoms with Gasteiger partial charge in [0.1, 0.15) is 5.78 Å². The fourth-order valence-electron chi connectivity index (χ4n) is 2.37. The van der Waals surface area contributed by atoms with Gasteiger partial charge >= 0.3 is 0 Å². The first-order chi connectivity index (χ1) is 8.56. The Hall–Kier alpha value is -1.41. The molecule has 18 heavy (non-hydrogen) atoms. The SMILES string of the molecule is Cc1cc(C)c(CC(=O)Cc2ccsc2)c(C)c1. The van der Waals surface area contributed by atoms with Crippen LogP contribution >= 0.6 is 11.3 Å². The highest BCUT2D eigenvalue weighted by atomic mass is 32.1. The van der Waals surface area contributed by atoms with E-state index >= 15 is 0 Å². The third kappa shape index (κ3) is 3.08. The normalized spacial score (nSPS) is 10.6. The molecule has 1 nitrogen and oxygen atoms in total. The van der Waals surface area contributed by atoms with Gasteiger partial charge in [-0.25, -0.2) is 0 Å². The third-order valence-electron chi connectivity index (χ3n) is 3.20. The van der Waals surface area contributed by atoms with Crippen molar-refractivity contribution in [3.8, 4) is 0 Å². The van der Waals surface area contributed by atoms with Crippen LogP contribution in [0.25, 0.3) is 0 Å². The summed E-state index contributed by atoms with van der Waals surface area (Å²) in [4.78, 5) is 12.1. The molecule has 0 aliphatic carbocycles. The summed E-state index contributed by atoms with van der Waals surface area (Å²) in [5.41, 5.74) is 6.05. The van der Waals surface area contributed by atoms with Crippen molar-refractivity contribution in [1.82, 2.24) is 0 Å². The van der Waals surface area contributed by atoms with Crippen molar-refractivity contribution in [1.29, 1.82) is 0 Å². The Balaban J connectivity index is 2.12. The second kappa shape index (κ2) is 5.49. The van der Waals surface area contributed by atoms with Crippen molar-refractivity contribution in [3.05, 3.63) is 56.8 Å². The maximum Gasteiger partial charge on any atom is 0.141 e. The van der Waals surface area contributed by atoms with Crippen LogP contribution in [0, 0.1) is 20.8 Å². The summed E-state index contributed by atoms with van der Waals surface area (Å²) >= 11 is 1.64. The maximum absolute atomic E-state index is 12.1. The lowest BCUT2D eigenvalue weighted by atomic mass is 9.94. The van der Waals surface area contributed by atoms with E-state index < -0.39 is 0 Å². The summed E-state index contributed by atoms with van der Waals surface area (Å²) in [6, 6.07) is 6.33. The smallest absolute Gasteiger partial charge is 0.141 e. The second-order valence-electron chi connectivity index (χ2n) is 4.90. The van der Waals surface area contributed by atoms with Crippen LogP contribution in [-0.4, -0.2) is 5.78 Å². The van der Waals surface area contributed by atoms with Gasteiger partial charge < -0.3 is 0 Å². The zero-order valence-corrected chi connectivity index (χ0v) is 11.9. The first-order valence-electron chi connectivity index (χ1n) is 6.16. The number of aryl methyl sites for hydroxylation is 3. The van der Waals surface area contributed by atoms with Gasteiger partial charge in [0.2, 0.25) is 0 Å². The summed E-state index contributed by atoms with van der Waals surface area (Å²) in [5.74, 6) is 0.295. The number of carbonyl (C=O) groups is 1. The Labute approximate surface area is 112 Å². The molecule has 0 aliphatic heterocycles. The molecule has 0 radical (unpaired) electrons. The predicted molar refractivity (Wildman–Crippen MR) is 77.4 cm³/mol. The largest absolute Gasteiger partial charge is 0.299 e. The third-order valence-corrected chi connectivity index (χ3v) is 3.93. The first-order valence-corrected chi connectivity index (χ1v) is 7.10. The lowest BCUT2D eigenvalue weighted by molar-refractivity contribution is -0.117. The van der Waals surface area contributed by atoms with Crippen LogP contribution in [0.5, 0.6) is 0 Å². The van der Waals surface area contributed by atoms with E-state index in [9.17, 15) is 4.79 Å². The number of benzene rings is 1. The van der Waals surface area contributed by atoms with Gasteiger partial charge in [0.05, 0.1) is 0 Å². The summed E-state index contributed by atoms with van der Waals surface area (Å²) in [6.45, 7) is 6.28. The number of thiophene rings is 1. The molecule has 2 rings (SSSR count). The Kier molecular flexibility index (Phi) is 3.97. The van der Waals surface area contributed by atoms with Crippen molar-refractivity contribution >= 4 is 17.1 Å². The van der Waals surface area contributed by atoms with Gasteiger partial charge in [-0.3, -0.25) is 4.79 Å². The second-order valence-corrected chi connectivity index (χ2v) is 5.68. The van der Waals surface area contributed by atoms with E-state index in [1.54, 1.807) is 11.3 Å². The number of rotatable bonds is 4. The molecule has 0 bridgehead atoms. The van der Waals surface area contributed by atoms with Crippen molar-refractivity contribution < 1.29 is 4.79 Å². The molecule has 0 fully saturated rings. The van der Waals surface area contributed by atoms with Gasteiger partial charge in [0, 0.05) is 12.8 Å². The van der Waals surface area contributed by atoms with E-state index in [1.165, 1.54) is 22.3 Å². The van der Waals surface area contributed by atoms with E-state index in [-0.39, 0.29) is 0 Å². The predicted octanol–water partition coefficient (Wildman–Crippen LogP) is 4.03. The van der Waals surface area contributed by atoms with Crippen LogP contribution in [0.2, 0.25) is 0 Å². The summed E-state index contributed by atoms with van der Waals surface area (Å²) in [5, 5.41) is 4.07. The summed E-state index contributed by atoms with van der Waals surface area (Å²) in [6.07, 6.45) is 1.10. The van der Waals surface area contributed by atoms with Crippen LogP contribution in [0.4, 0.5) is 0 Å². The molecule has 1 aromatic heterocycles. The van der Waals surface area contributed by atoms with Crippen LogP contribution < -0.4 is 0 Å². The standard InChI is InChI=1S/C16H18OS/c1-11-6-12(2)16(13(3)7-11)9-15(17)8-14-4-5-18-10-14/h4-7,10H,8-9H2,1-3H3. The monoisotopic (exact) mass is 258 g/mol. The summed E-state index contributed by atoms with van der Waals surface area (Å²) < 4.78 is 0. The minimum atomic E-state index is 0.295. The zero-order valence-electron chi connectivity index (χ0n) is 11.1. The molecule has 0 saturated heterocycles. The van der Waals surface area contributed by atoms with Crippen molar-refractivity contribution in [2.75, 3.05) is 0 Å². The van der Waals surface area contributed by atoms with Crippen molar-refractivity contribution in [3.63, 3.8) is 0 Å². The van der Waals surface area contributed by atoms with E-state index in [0.717, 1.165) is 5.56 Å². The Morgan fingerprint density at radius 3 is 2.33 bits per heavy atom. The fourth-order valence-corrected chi connectivity index (χ4v) is 3.04. The minimum absolute atomic E-state index is 0.295. The van der Waals surface area contributed by atoms with E-state index in [2.05, 4.69) is 32.9 Å². The molecule has 2 aromatic rings. The van der Waals surface area contributed by atoms with Gasteiger partial charge in [-0.05, 0) is 59.9 Å². The van der Waals surface area contributed by atoms with Crippen molar-refractivity contribution in [2.45, 2.75) is 33.6 Å². The topological polar surface area (TPSA) is 17.1 Å². The van der Waals surface area contributed by atoms with Gasteiger partial charge in [-0.15, -0.1) is 0 Å². The quantitative estimate of drug-likeness (QED) is 0.809. The number of hydrogen-bond acceptors (Lipinski definition) is 2. The zero-order chi connectivity index (χ0) is 13.1. The molecule has 0 unspecified atom stereocenters. The molecule has 1 aromatic carbocycles. The average Bonchev–Trinajstić information content (AvgIpc) is 2.76. The van der Waals surface area contributed by atoms with Gasteiger partial charge in [-0.2, -0.15) is 11.3 Å². The van der Waals surface area contributed by atoms with Crippen LogP contribution in [0.1, 0.15) is 27.8 Å². The molecule has 0 N–H and O–H groups in total. The van der Waals surface area contributed by atoms with Gasteiger partial charge in [0.25, 0.3) is 0 Å². The molecule has 0 atom stereocenters. The van der Waals surface area contributed by atoms with E-state index in [1.807, 2.05) is 16.8 Å². The number of hydrogen-bond donors (Lipinski definition) is 0. The highest BCUT2D eigenvalue weighted by molar-refractivity contribution is 7.07. The number of Topliss-reactive ketones (excluding diaryl/α,β-unsaturated/α-hetero) is 1. The molecule has 1 heterocycles. The molecular formula is C16H18OS. The highest BCUT2D eigenvalue weighted by Gasteiger charge is 2.10. The Bertz CT molecular complexity index is 529. The number of carbonyl (C=O) groups excluding carboxylic acids is 1. The Morgan fingerprint density at radius 1 is 1.11 bits per heavy atom. The number of ketones is 1. The average molecular weight is 258 g/mol. The Morgan fingerprint density at radius 2 is 1.78 bits per heavy atom. The van der Waals surface area contributed by atoms with E-state index in [0.29, 0.717) is 18.6 Å². The first kappa shape index (κ1) is 13.0. The van der Waals surface area contributed by atoms with Crippen LogP contribution in [0.3, 0.4) is 0 Å². The van der Waals surface area contributed by atoms with Crippen LogP contribution in [0.15, 0.2) is 29.0 Å². The minimum Gasteiger partial charge on any atom is -0.299 e. The molecular weight excluding hydrogens is 240 g/mol. The summed E-state index contributed by atoms with van der Waals surface area (Å²) in [7, 11) is 0. The molecule has 0 amide bonds. The molecule has 0 saturated carbocycles. The molecule has 0 aliphatic rings. The van der Waals surface area contributed by atoms with Crippen molar-refractivity contribution in [2.24, 2.45) is 0 Å². The maximum atomic E-state index is 12.1. The molecule has 94 valence electrons. The lowest BCUT2D eigenvalue weighted by Gasteiger charge is -2.10. The van der Waals surface area contributed by atoms with Gasteiger partial charge in [-0.1, -0.05) is 17.7 Å². The lowest BCUT2D eigenvalue weighted by Crippen LogP contribution is -2.08. The molecule has 0 spiro atoms. The fraction of sp³-hybridized carbons (Fsp3) is 0.312.